The van der Waals surface area contributed by atoms with Gasteiger partial charge in [0.15, 0.2) is 0 Å². The van der Waals surface area contributed by atoms with E-state index in [-0.39, 0.29) is 5.54 Å². The van der Waals surface area contributed by atoms with Gasteiger partial charge < -0.3 is 0 Å². The summed E-state index contributed by atoms with van der Waals surface area (Å²) in [6, 6.07) is 4.91. The average molecular weight is 349 g/mol. The number of nitrogens with zero attached hydrogens (tertiary/aromatic N) is 2. The van der Waals surface area contributed by atoms with Crippen molar-refractivity contribution in [2.45, 2.75) is 67.0 Å². The van der Waals surface area contributed by atoms with Gasteiger partial charge >= 0.3 is 6.34 Å². The molecule has 136 valence electrons. The Kier molecular flexibility index (Phi) is 4.42. The lowest BCUT2D eigenvalue weighted by molar-refractivity contribution is -0.498. The number of benzene rings is 1. The van der Waals surface area contributed by atoms with Crippen LogP contribution in [0.25, 0.3) is 0 Å². The highest BCUT2D eigenvalue weighted by atomic mass is 15.3. The molecule has 2 heteroatoms. The van der Waals surface area contributed by atoms with Crippen molar-refractivity contribution >= 4 is 17.7 Å². The summed E-state index contributed by atoms with van der Waals surface area (Å²) in [6.45, 7) is 22.2. The minimum Gasteiger partial charge on any atom is -0.133 e. The lowest BCUT2D eigenvalue weighted by Gasteiger charge is -2.20. The Morgan fingerprint density at radius 1 is 0.962 bits per heavy atom. The summed E-state index contributed by atoms with van der Waals surface area (Å²) in [5.74, 6) is 0. The van der Waals surface area contributed by atoms with Crippen molar-refractivity contribution in [3.63, 3.8) is 0 Å². The summed E-state index contributed by atoms with van der Waals surface area (Å²) in [5, 5.41) is 0. The van der Waals surface area contributed by atoms with Crippen molar-refractivity contribution in [1.29, 1.82) is 0 Å². The molecule has 1 unspecified atom stereocenters. The van der Waals surface area contributed by atoms with Crippen LogP contribution in [0, 0.1) is 20.8 Å². The Hall–Kier alpha value is -2.22. The summed E-state index contributed by atoms with van der Waals surface area (Å²) < 4.78 is 4.87. The lowest BCUT2D eigenvalue weighted by Crippen LogP contribution is -2.44. The fourth-order valence-corrected chi connectivity index (χ4v) is 4.48. The first-order chi connectivity index (χ1) is 12.0. The van der Waals surface area contributed by atoms with E-state index >= 15 is 0 Å². The number of hydrogen-bond acceptors (Lipinski definition) is 0. The summed E-state index contributed by atoms with van der Waals surface area (Å²) in [5.41, 5.74) is 10.2. The van der Waals surface area contributed by atoms with Crippen molar-refractivity contribution in [1.82, 2.24) is 0 Å². The van der Waals surface area contributed by atoms with Gasteiger partial charge in [0.25, 0.3) is 0 Å². The van der Waals surface area contributed by atoms with E-state index in [0.717, 1.165) is 5.57 Å². The van der Waals surface area contributed by atoms with Gasteiger partial charge in [0.1, 0.15) is 0 Å². The minimum atomic E-state index is -0.0315. The maximum absolute atomic E-state index is 4.34. The summed E-state index contributed by atoms with van der Waals surface area (Å²) in [7, 11) is 0. The molecule has 0 saturated carbocycles. The van der Waals surface area contributed by atoms with Crippen LogP contribution in [0.2, 0.25) is 0 Å². The SMILES string of the molecule is C=C1C=C(C)C=C(C)C1=[N+]1C=[N+](c2c(C)cc(C)cc2C)C(C)C1(C)C. The molecule has 26 heavy (non-hydrogen) atoms. The first-order valence-corrected chi connectivity index (χ1v) is 9.47. The minimum absolute atomic E-state index is 0.0315. The third kappa shape index (κ3) is 2.82. The molecule has 0 fully saturated rings. The van der Waals surface area contributed by atoms with Crippen LogP contribution < -0.4 is 0 Å². The van der Waals surface area contributed by atoms with Gasteiger partial charge in [-0.2, -0.15) is 0 Å². The third-order valence-electron chi connectivity index (χ3n) is 5.96. The Labute approximate surface area is 158 Å². The van der Waals surface area contributed by atoms with E-state index in [9.17, 15) is 0 Å². The molecule has 0 saturated heterocycles. The Morgan fingerprint density at radius 2 is 1.54 bits per heavy atom. The zero-order valence-electron chi connectivity index (χ0n) is 17.6. The van der Waals surface area contributed by atoms with Crippen LogP contribution in [0.3, 0.4) is 0 Å². The van der Waals surface area contributed by atoms with E-state index in [1.807, 2.05) is 0 Å². The fourth-order valence-electron chi connectivity index (χ4n) is 4.48. The first-order valence-electron chi connectivity index (χ1n) is 9.47. The second-order valence-electron chi connectivity index (χ2n) is 8.56. The summed E-state index contributed by atoms with van der Waals surface area (Å²) in [6.07, 6.45) is 6.73. The molecule has 1 aromatic rings. The molecule has 2 nitrogen and oxygen atoms in total. The number of allylic oxidation sites excluding steroid dienone is 5. The second kappa shape index (κ2) is 6.19. The molecule has 0 bridgehead atoms. The molecule has 1 aromatic carbocycles. The van der Waals surface area contributed by atoms with Gasteiger partial charge in [-0.1, -0.05) is 12.1 Å². The van der Waals surface area contributed by atoms with E-state index in [4.69, 9.17) is 0 Å². The Balaban J connectivity index is 2.26. The zero-order valence-corrected chi connectivity index (χ0v) is 17.6. The van der Waals surface area contributed by atoms with Crippen LogP contribution in [0.5, 0.6) is 0 Å². The highest BCUT2D eigenvalue weighted by Gasteiger charge is 2.54. The number of rotatable bonds is 1. The van der Waals surface area contributed by atoms with Gasteiger partial charge in [-0.15, -0.1) is 9.15 Å². The molecule has 1 atom stereocenters. The van der Waals surface area contributed by atoms with Crippen LogP contribution in [-0.4, -0.2) is 32.8 Å². The molecule has 2 aliphatic rings. The average Bonchev–Trinajstić information content (AvgIpc) is 2.70. The molecule has 1 heterocycles. The molecule has 0 N–H and O–H groups in total. The van der Waals surface area contributed by atoms with Gasteiger partial charge in [0.05, 0.1) is 0 Å². The number of hydrogen-bond donors (Lipinski definition) is 0. The van der Waals surface area contributed by atoms with Crippen LogP contribution in [0.4, 0.5) is 5.69 Å². The van der Waals surface area contributed by atoms with E-state index in [0.29, 0.717) is 6.04 Å². The predicted molar refractivity (Wildman–Crippen MR) is 112 cm³/mol. The standard InChI is InChI=1S/C24H32N2/c1-15-10-17(3)22(18(4)11-15)25-14-26(24(8,9)21(25)7)23-19(5)12-16(2)13-20(23)6/h10-14,21H,5H2,1-4,6-9H3/q+2. The highest BCUT2D eigenvalue weighted by Crippen LogP contribution is 2.34. The first kappa shape index (κ1) is 18.6. The Bertz CT molecular complexity index is 910. The topological polar surface area (TPSA) is 6.02 Å². The van der Waals surface area contributed by atoms with Crippen LogP contribution in [-0.2, 0) is 0 Å². The molecule has 0 aromatic heterocycles. The second-order valence-corrected chi connectivity index (χ2v) is 8.56. The molecule has 0 spiro atoms. The van der Waals surface area contributed by atoms with E-state index in [1.54, 1.807) is 0 Å². The van der Waals surface area contributed by atoms with E-state index in [1.165, 1.54) is 39.2 Å². The normalized spacial score (nSPS) is 25.2. The van der Waals surface area contributed by atoms with Crippen molar-refractivity contribution in [3.8, 4) is 0 Å². The van der Waals surface area contributed by atoms with Gasteiger partial charge in [-0.05, 0) is 64.5 Å². The van der Waals surface area contributed by atoms with Gasteiger partial charge in [0, 0.05) is 43.0 Å². The summed E-state index contributed by atoms with van der Waals surface area (Å²) >= 11 is 0. The molecule has 1 aliphatic carbocycles. The zero-order chi connectivity index (χ0) is 19.4. The molecular formula is C24H32N2+2. The molecule has 1 aliphatic heterocycles. The van der Waals surface area contributed by atoms with Gasteiger partial charge in [0.2, 0.25) is 23.0 Å². The van der Waals surface area contributed by atoms with E-state index < -0.39 is 0 Å². The maximum Gasteiger partial charge on any atom is 0.408 e. The van der Waals surface area contributed by atoms with Crippen molar-refractivity contribution in [2.75, 3.05) is 0 Å². The van der Waals surface area contributed by atoms with Crippen molar-refractivity contribution < 1.29 is 9.15 Å². The molecule has 0 amide bonds. The molecule has 3 rings (SSSR count). The van der Waals surface area contributed by atoms with Crippen LogP contribution in [0.15, 0.2) is 47.6 Å². The molecular weight excluding hydrogens is 316 g/mol. The van der Waals surface area contributed by atoms with Gasteiger partial charge in [-0.3, -0.25) is 0 Å². The largest absolute Gasteiger partial charge is 0.408 e. The lowest BCUT2D eigenvalue weighted by atomic mass is 9.91. The molecule has 0 radical (unpaired) electrons. The fraction of sp³-hybridized carbons (Fsp3) is 0.417. The maximum atomic E-state index is 4.34. The van der Waals surface area contributed by atoms with Crippen LogP contribution >= 0.6 is 0 Å². The monoisotopic (exact) mass is 348 g/mol. The summed E-state index contributed by atoms with van der Waals surface area (Å²) in [4.78, 5) is 0. The number of aryl methyl sites for hydroxylation is 3. The third-order valence-corrected chi connectivity index (χ3v) is 5.96. The highest BCUT2D eigenvalue weighted by molar-refractivity contribution is 6.12. The Morgan fingerprint density at radius 3 is 2.08 bits per heavy atom. The van der Waals surface area contributed by atoms with Gasteiger partial charge in [-0.25, -0.2) is 0 Å². The van der Waals surface area contributed by atoms with Crippen LogP contribution in [0.1, 0.15) is 51.3 Å². The van der Waals surface area contributed by atoms with E-state index in [2.05, 4.69) is 102 Å². The van der Waals surface area contributed by atoms with Crippen molar-refractivity contribution in [3.05, 3.63) is 64.3 Å². The smallest absolute Gasteiger partial charge is 0.133 e. The predicted octanol–water partition coefficient (Wildman–Crippen LogP) is 5.38. The quantitative estimate of drug-likeness (QED) is 0.601. The van der Waals surface area contributed by atoms with Crippen molar-refractivity contribution in [2.24, 2.45) is 0 Å².